The molecule has 0 aromatic carbocycles. The number of carbonyl (C=O) groups excluding carboxylic acids is 1. The van der Waals surface area contributed by atoms with Crippen LogP contribution in [-0.4, -0.2) is 22.3 Å². The van der Waals surface area contributed by atoms with Gasteiger partial charge in [0.1, 0.15) is 5.69 Å². The average Bonchev–Trinajstić information content (AvgIpc) is 2.39. The molecule has 98 valence electrons. The molecule has 1 fully saturated rings. The summed E-state index contributed by atoms with van der Waals surface area (Å²) in [6.07, 6.45) is 6.34. The average molecular weight is 376 g/mol. The molecule has 1 saturated carbocycles. The fourth-order valence-electron chi connectivity index (χ4n) is 2.37. The highest BCUT2D eigenvalue weighted by Crippen LogP contribution is 2.26. The van der Waals surface area contributed by atoms with E-state index in [2.05, 4.69) is 42.2 Å². The molecule has 3 nitrogen and oxygen atoms in total. The number of pyridine rings is 1. The second-order valence-electron chi connectivity index (χ2n) is 4.61. The molecule has 1 aromatic heterocycles. The fourth-order valence-corrected chi connectivity index (χ4v) is 3.58. The number of halogens is 2. The maximum absolute atomic E-state index is 12.2. The van der Waals surface area contributed by atoms with E-state index in [9.17, 15) is 4.79 Å². The van der Waals surface area contributed by atoms with Gasteiger partial charge >= 0.3 is 0 Å². The molecule has 1 aliphatic rings. The first kappa shape index (κ1) is 14.0. The lowest BCUT2D eigenvalue weighted by atomic mass is 9.86. The van der Waals surface area contributed by atoms with E-state index >= 15 is 0 Å². The van der Waals surface area contributed by atoms with E-state index in [1.165, 1.54) is 19.3 Å². The molecule has 18 heavy (non-hydrogen) atoms. The Hall–Kier alpha value is -0.420. The largest absolute Gasteiger partial charge is 0.348 e. The summed E-state index contributed by atoms with van der Waals surface area (Å²) in [5.41, 5.74) is 0.469. The highest BCUT2D eigenvalue weighted by Gasteiger charge is 2.26. The van der Waals surface area contributed by atoms with Gasteiger partial charge in [0, 0.05) is 22.0 Å². The van der Waals surface area contributed by atoms with E-state index < -0.39 is 0 Å². The molecule has 1 amide bonds. The Bertz CT molecular complexity index is 425. The van der Waals surface area contributed by atoms with Gasteiger partial charge in [-0.15, -0.1) is 0 Å². The van der Waals surface area contributed by atoms with Crippen molar-refractivity contribution in [3.05, 3.63) is 28.5 Å². The van der Waals surface area contributed by atoms with Crippen LogP contribution in [0.2, 0.25) is 0 Å². The number of hydrogen-bond donors (Lipinski definition) is 1. The lowest BCUT2D eigenvalue weighted by molar-refractivity contribution is 0.0905. The van der Waals surface area contributed by atoms with Gasteiger partial charge < -0.3 is 5.32 Å². The molecule has 0 aliphatic heterocycles. The van der Waals surface area contributed by atoms with Crippen LogP contribution in [-0.2, 0) is 0 Å². The molecule has 1 heterocycles. The molecule has 0 spiro atoms. The number of nitrogens with one attached hydrogen (secondary N) is 1. The first-order valence-electron chi connectivity index (χ1n) is 6.19. The minimum atomic E-state index is -0.0830. The van der Waals surface area contributed by atoms with Crippen LogP contribution < -0.4 is 5.32 Å². The van der Waals surface area contributed by atoms with Crippen molar-refractivity contribution in [3.63, 3.8) is 0 Å². The van der Waals surface area contributed by atoms with Crippen LogP contribution >= 0.6 is 31.9 Å². The SMILES string of the molecule is O=C(NC1CCCCC1CBr)c1ncccc1Br. The molecular weight excluding hydrogens is 360 g/mol. The Balaban J connectivity index is 2.04. The minimum Gasteiger partial charge on any atom is -0.348 e. The third-order valence-corrected chi connectivity index (χ3v) is 4.87. The lowest BCUT2D eigenvalue weighted by Crippen LogP contribution is -2.43. The van der Waals surface area contributed by atoms with Gasteiger partial charge in [-0.1, -0.05) is 28.8 Å². The van der Waals surface area contributed by atoms with Gasteiger partial charge in [0.25, 0.3) is 5.91 Å². The standard InChI is InChI=1S/C13H16Br2N2O/c14-8-9-4-1-2-6-11(9)17-13(18)12-10(15)5-3-7-16-12/h3,5,7,9,11H,1-2,4,6,8H2,(H,17,18). The fraction of sp³-hybridized carbons (Fsp3) is 0.538. The number of aromatic nitrogens is 1. The second-order valence-corrected chi connectivity index (χ2v) is 6.11. The van der Waals surface area contributed by atoms with Gasteiger partial charge in [0.05, 0.1) is 0 Å². The molecule has 2 rings (SSSR count). The molecule has 2 atom stereocenters. The molecule has 0 saturated heterocycles. The Labute approximate surface area is 124 Å². The zero-order valence-corrected chi connectivity index (χ0v) is 13.2. The van der Waals surface area contributed by atoms with Crippen LogP contribution in [0.25, 0.3) is 0 Å². The van der Waals surface area contributed by atoms with Crippen LogP contribution in [0.3, 0.4) is 0 Å². The second kappa shape index (κ2) is 6.66. The summed E-state index contributed by atoms with van der Waals surface area (Å²) in [6, 6.07) is 3.91. The molecule has 2 unspecified atom stereocenters. The van der Waals surface area contributed by atoms with Crippen molar-refractivity contribution in [3.8, 4) is 0 Å². The van der Waals surface area contributed by atoms with Crippen molar-refractivity contribution in [1.82, 2.24) is 10.3 Å². The van der Waals surface area contributed by atoms with Crippen LogP contribution in [0, 0.1) is 5.92 Å². The number of amides is 1. The minimum absolute atomic E-state index is 0.0830. The quantitative estimate of drug-likeness (QED) is 0.821. The predicted octanol–water partition coefficient (Wildman–Crippen LogP) is 3.53. The molecule has 5 heteroatoms. The van der Waals surface area contributed by atoms with Crippen molar-refractivity contribution in [2.75, 3.05) is 5.33 Å². The zero-order chi connectivity index (χ0) is 13.0. The Morgan fingerprint density at radius 1 is 1.44 bits per heavy atom. The summed E-state index contributed by atoms with van der Waals surface area (Å²) in [7, 11) is 0. The Morgan fingerprint density at radius 2 is 2.22 bits per heavy atom. The first-order valence-corrected chi connectivity index (χ1v) is 8.11. The summed E-state index contributed by atoms with van der Waals surface area (Å²) in [5, 5.41) is 4.06. The van der Waals surface area contributed by atoms with Gasteiger partial charge in [0.2, 0.25) is 0 Å². The van der Waals surface area contributed by atoms with Gasteiger partial charge in [-0.25, -0.2) is 4.98 Å². The van der Waals surface area contributed by atoms with Crippen LogP contribution in [0.1, 0.15) is 36.2 Å². The molecule has 1 aromatic rings. The van der Waals surface area contributed by atoms with Crippen molar-refractivity contribution in [2.45, 2.75) is 31.7 Å². The van der Waals surface area contributed by atoms with E-state index in [1.54, 1.807) is 6.20 Å². The smallest absolute Gasteiger partial charge is 0.271 e. The van der Waals surface area contributed by atoms with Gasteiger partial charge in [-0.2, -0.15) is 0 Å². The highest BCUT2D eigenvalue weighted by atomic mass is 79.9. The molecule has 1 aliphatic carbocycles. The topological polar surface area (TPSA) is 42.0 Å². The van der Waals surface area contributed by atoms with Crippen molar-refractivity contribution < 1.29 is 4.79 Å². The number of alkyl halides is 1. The zero-order valence-electron chi connectivity index (χ0n) is 10.0. The van der Waals surface area contributed by atoms with Crippen molar-refractivity contribution >= 4 is 37.8 Å². The number of nitrogens with zero attached hydrogens (tertiary/aromatic N) is 1. The number of hydrogen-bond acceptors (Lipinski definition) is 2. The summed E-state index contributed by atoms with van der Waals surface area (Å²) in [5.74, 6) is 0.450. The molecular formula is C13H16Br2N2O. The molecule has 0 radical (unpaired) electrons. The highest BCUT2D eigenvalue weighted by molar-refractivity contribution is 9.10. The maximum Gasteiger partial charge on any atom is 0.271 e. The summed E-state index contributed by atoms with van der Waals surface area (Å²) in [6.45, 7) is 0. The maximum atomic E-state index is 12.2. The van der Waals surface area contributed by atoms with E-state index in [-0.39, 0.29) is 11.9 Å². The Morgan fingerprint density at radius 3 is 2.94 bits per heavy atom. The predicted molar refractivity (Wildman–Crippen MR) is 78.9 cm³/mol. The first-order chi connectivity index (χ1) is 8.72. The molecule has 1 N–H and O–H groups in total. The van der Waals surface area contributed by atoms with Crippen molar-refractivity contribution in [2.24, 2.45) is 5.92 Å². The summed E-state index contributed by atoms with van der Waals surface area (Å²) in [4.78, 5) is 16.3. The third-order valence-electron chi connectivity index (χ3n) is 3.40. The van der Waals surface area contributed by atoms with Gasteiger partial charge in [-0.05, 0) is 46.8 Å². The summed E-state index contributed by atoms with van der Waals surface area (Å²) >= 11 is 6.90. The Kier molecular flexibility index (Phi) is 5.18. The van der Waals surface area contributed by atoms with E-state index in [0.29, 0.717) is 11.6 Å². The van der Waals surface area contributed by atoms with E-state index in [0.717, 1.165) is 16.2 Å². The number of carbonyl (C=O) groups is 1. The monoisotopic (exact) mass is 374 g/mol. The van der Waals surface area contributed by atoms with E-state index in [4.69, 9.17) is 0 Å². The van der Waals surface area contributed by atoms with Gasteiger partial charge in [0.15, 0.2) is 0 Å². The van der Waals surface area contributed by atoms with Crippen LogP contribution in [0.15, 0.2) is 22.8 Å². The molecule has 0 bridgehead atoms. The normalized spacial score (nSPS) is 23.7. The van der Waals surface area contributed by atoms with E-state index in [1.807, 2.05) is 12.1 Å². The van der Waals surface area contributed by atoms with Crippen LogP contribution in [0.4, 0.5) is 0 Å². The van der Waals surface area contributed by atoms with Gasteiger partial charge in [-0.3, -0.25) is 4.79 Å². The van der Waals surface area contributed by atoms with Crippen molar-refractivity contribution in [1.29, 1.82) is 0 Å². The third kappa shape index (κ3) is 3.32. The number of rotatable bonds is 3. The lowest BCUT2D eigenvalue weighted by Gasteiger charge is -2.30. The van der Waals surface area contributed by atoms with Crippen LogP contribution in [0.5, 0.6) is 0 Å². The summed E-state index contributed by atoms with van der Waals surface area (Å²) < 4.78 is 0.744.